The second-order valence-electron chi connectivity index (χ2n) is 6.07. The largest absolute Gasteiger partial charge is 0.494 e. The lowest BCUT2D eigenvalue weighted by Gasteiger charge is -2.11. The fraction of sp³-hybridized carbons (Fsp3) is 0.190. The third kappa shape index (κ3) is 4.61. The van der Waals surface area contributed by atoms with Gasteiger partial charge in [-0.1, -0.05) is 18.2 Å². The Balaban J connectivity index is 1.74. The van der Waals surface area contributed by atoms with E-state index in [0.717, 1.165) is 28.3 Å². The van der Waals surface area contributed by atoms with E-state index >= 15 is 0 Å². The van der Waals surface area contributed by atoms with E-state index in [4.69, 9.17) is 4.74 Å². The lowest BCUT2D eigenvalue weighted by Crippen LogP contribution is -2.16. The summed E-state index contributed by atoms with van der Waals surface area (Å²) in [5.74, 6) is 0.878. The summed E-state index contributed by atoms with van der Waals surface area (Å²) in [5.41, 5.74) is 3.92. The number of hydrogen-bond donors (Lipinski definition) is 2. The summed E-state index contributed by atoms with van der Waals surface area (Å²) in [4.78, 5) is 21.1. The van der Waals surface area contributed by atoms with Crippen LogP contribution in [0.25, 0.3) is 0 Å². The molecule has 0 fully saturated rings. The topological polar surface area (TPSA) is 76.1 Å². The van der Waals surface area contributed by atoms with Gasteiger partial charge in [-0.05, 0) is 62.2 Å². The van der Waals surface area contributed by atoms with Crippen molar-refractivity contribution in [2.45, 2.75) is 20.8 Å². The van der Waals surface area contributed by atoms with E-state index in [0.29, 0.717) is 18.2 Å². The Kier molecular flexibility index (Phi) is 5.66. The molecule has 0 unspecified atom stereocenters. The molecular weight excluding hydrogens is 340 g/mol. The number of benzene rings is 2. The molecule has 0 radical (unpaired) electrons. The van der Waals surface area contributed by atoms with Crippen molar-refractivity contribution in [3.63, 3.8) is 0 Å². The smallest absolute Gasteiger partial charge is 0.274 e. The van der Waals surface area contributed by atoms with Crippen LogP contribution in [0.15, 0.2) is 54.7 Å². The maximum Gasteiger partial charge on any atom is 0.274 e. The quantitative estimate of drug-likeness (QED) is 0.676. The third-order valence-electron chi connectivity index (χ3n) is 4.03. The zero-order valence-corrected chi connectivity index (χ0v) is 15.6. The second kappa shape index (κ2) is 8.31. The lowest BCUT2D eigenvalue weighted by molar-refractivity contribution is 0.102. The number of ether oxygens (including phenoxy) is 1. The van der Waals surface area contributed by atoms with Crippen molar-refractivity contribution in [1.29, 1.82) is 0 Å². The summed E-state index contributed by atoms with van der Waals surface area (Å²) < 4.78 is 5.43. The van der Waals surface area contributed by atoms with Crippen LogP contribution in [0, 0.1) is 13.8 Å². The van der Waals surface area contributed by atoms with Gasteiger partial charge in [0.1, 0.15) is 11.4 Å². The van der Waals surface area contributed by atoms with Crippen LogP contribution in [0.2, 0.25) is 0 Å². The molecule has 1 heterocycles. The van der Waals surface area contributed by atoms with Gasteiger partial charge < -0.3 is 15.4 Å². The second-order valence-corrected chi connectivity index (χ2v) is 6.07. The number of carbonyl (C=O) groups is 1. The van der Waals surface area contributed by atoms with Gasteiger partial charge in [0.25, 0.3) is 5.91 Å². The number of amides is 1. The molecule has 6 heteroatoms. The standard InChI is InChI=1S/C21H22N4O2/c1-4-27-17-10-8-16(9-11-17)23-21-22-13-12-18(24-21)20(26)25-19-14(2)6-5-7-15(19)3/h5-13H,4H2,1-3H3,(H,25,26)(H,22,23,24). The van der Waals surface area contributed by atoms with Crippen LogP contribution in [0.3, 0.4) is 0 Å². The minimum absolute atomic E-state index is 0.274. The lowest BCUT2D eigenvalue weighted by atomic mass is 10.1. The van der Waals surface area contributed by atoms with Gasteiger partial charge in [-0.25, -0.2) is 9.97 Å². The molecule has 27 heavy (non-hydrogen) atoms. The predicted octanol–water partition coefficient (Wildman–Crippen LogP) is 4.49. The van der Waals surface area contributed by atoms with Gasteiger partial charge in [0.05, 0.1) is 6.61 Å². The number of rotatable bonds is 6. The average molecular weight is 362 g/mol. The Bertz CT molecular complexity index is 919. The summed E-state index contributed by atoms with van der Waals surface area (Å²) in [5, 5.41) is 6.03. The number of carbonyl (C=O) groups excluding carboxylic acids is 1. The zero-order chi connectivity index (χ0) is 19.2. The highest BCUT2D eigenvalue weighted by Crippen LogP contribution is 2.21. The Hall–Kier alpha value is -3.41. The van der Waals surface area contributed by atoms with Crippen LogP contribution in [-0.4, -0.2) is 22.5 Å². The number of aryl methyl sites for hydroxylation is 2. The SMILES string of the molecule is CCOc1ccc(Nc2nccc(C(=O)Nc3c(C)cccc3C)n2)cc1. The summed E-state index contributed by atoms with van der Waals surface area (Å²) in [6.07, 6.45) is 1.56. The van der Waals surface area contributed by atoms with E-state index in [1.807, 2.05) is 63.2 Å². The van der Waals surface area contributed by atoms with Gasteiger partial charge in [0.15, 0.2) is 0 Å². The molecule has 0 bridgehead atoms. The maximum atomic E-state index is 12.6. The van der Waals surface area contributed by atoms with Crippen molar-refractivity contribution < 1.29 is 9.53 Å². The molecule has 1 amide bonds. The molecule has 0 aliphatic heterocycles. The molecule has 0 aliphatic rings. The first kappa shape index (κ1) is 18.4. The van der Waals surface area contributed by atoms with Gasteiger partial charge in [-0.3, -0.25) is 4.79 Å². The predicted molar refractivity (Wildman–Crippen MR) is 107 cm³/mol. The number of para-hydroxylation sites is 1. The number of nitrogens with zero attached hydrogens (tertiary/aromatic N) is 2. The third-order valence-corrected chi connectivity index (χ3v) is 4.03. The average Bonchev–Trinajstić information content (AvgIpc) is 2.67. The van der Waals surface area contributed by atoms with E-state index in [-0.39, 0.29) is 5.91 Å². The van der Waals surface area contributed by atoms with Crippen molar-refractivity contribution in [3.8, 4) is 5.75 Å². The fourth-order valence-electron chi connectivity index (χ4n) is 2.66. The normalized spacial score (nSPS) is 10.3. The van der Waals surface area contributed by atoms with Crippen molar-refractivity contribution in [2.75, 3.05) is 17.2 Å². The Morgan fingerprint density at radius 1 is 1.04 bits per heavy atom. The van der Waals surface area contributed by atoms with Crippen LogP contribution in [0.4, 0.5) is 17.3 Å². The number of hydrogen-bond acceptors (Lipinski definition) is 5. The minimum atomic E-state index is -0.274. The van der Waals surface area contributed by atoms with Crippen LogP contribution in [0.1, 0.15) is 28.5 Å². The summed E-state index contributed by atoms with van der Waals surface area (Å²) in [6.45, 7) is 6.48. The summed E-state index contributed by atoms with van der Waals surface area (Å²) in [7, 11) is 0. The van der Waals surface area contributed by atoms with E-state index in [2.05, 4.69) is 20.6 Å². The highest BCUT2D eigenvalue weighted by Gasteiger charge is 2.12. The number of nitrogens with one attached hydrogen (secondary N) is 2. The number of anilines is 3. The number of aromatic nitrogens is 2. The van der Waals surface area contributed by atoms with Gasteiger partial charge >= 0.3 is 0 Å². The Morgan fingerprint density at radius 2 is 1.74 bits per heavy atom. The molecule has 0 saturated heterocycles. The highest BCUT2D eigenvalue weighted by molar-refractivity contribution is 6.03. The summed E-state index contributed by atoms with van der Waals surface area (Å²) >= 11 is 0. The molecule has 138 valence electrons. The minimum Gasteiger partial charge on any atom is -0.494 e. The molecule has 2 N–H and O–H groups in total. The van der Waals surface area contributed by atoms with Crippen LogP contribution < -0.4 is 15.4 Å². The monoisotopic (exact) mass is 362 g/mol. The highest BCUT2D eigenvalue weighted by atomic mass is 16.5. The Labute approximate surface area is 158 Å². The fourth-order valence-corrected chi connectivity index (χ4v) is 2.66. The molecule has 0 aliphatic carbocycles. The molecule has 6 nitrogen and oxygen atoms in total. The van der Waals surface area contributed by atoms with E-state index in [1.54, 1.807) is 12.3 Å². The molecule has 1 aromatic heterocycles. The van der Waals surface area contributed by atoms with Crippen molar-refractivity contribution in [2.24, 2.45) is 0 Å². The Morgan fingerprint density at radius 3 is 2.41 bits per heavy atom. The molecule has 0 saturated carbocycles. The van der Waals surface area contributed by atoms with Gasteiger partial charge in [-0.2, -0.15) is 0 Å². The molecule has 3 aromatic rings. The first-order valence-corrected chi connectivity index (χ1v) is 8.77. The van der Waals surface area contributed by atoms with Crippen molar-refractivity contribution in [3.05, 3.63) is 71.5 Å². The maximum absolute atomic E-state index is 12.6. The van der Waals surface area contributed by atoms with Crippen molar-refractivity contribution >= 4 is 23.2 Å². The van der Waals surface area contributed by atoms with Crippen LogP contribution >= 0.6 is 0 Å². The molecule has 2 aromatic carbocycles. The van der Waals surface area contributed by atoms with E-state index in [1.165, 1.54) is 0 Å². The zero-order valence-electron chi connectivity index (χ0n) is 15.6. The van der Waals surface area contributed by atoms with E-state index < -0.39 is 0 Å². The molecule has 0 atom stereocenters. The van der Waals surface area contributed by atoms with Crippen LogP contribution in [0.5, 0.6) is 5.75 Å². The van der Waals surface area contributed by atoms with Crippen molar-refractivity contribution in [1.82, 2.24) is 9.97 Å². The van der Waals surface area contributed by atoms with Gasteiger partial charge in [0.2, 0.25) is 5.95 Å². The molecule has 3 rings (SSSR count). The van der Waals surface area contributed by atoms with Gasteiger partial charge in [0, 0.05) is 17.6 Å². The first-order valence-electron chi connectivity index (χ1n) is 8.77. The van der Waals surface area contributed by atoms with E-state index in [9.17, 15) is 4.79 Å². The van der Waals surface area contributed by atoms with Crippen LogP contribution in [-0.2, 0) is 0 Å². The van der Waals surface area contributed by atoms with Gasteiger partial charge in [-0.15, -0.1) is 0 Å². The molecular formula is C21H22N4O2. The first-order chi connectivity index (χ1) is 13.1. The molecule has 0 spiro atoms. The summed E-state index contributed by atoms with van der Waals surface area (Å²) in [6, 6.07) is 14.9.